The lowest BCUT2D eigenvalue weighted by Gasteiger charge is -2.18. The summed E-state index contributed by atoms with van der Waals surface area (Å²) in [6, 6.07) is 0. The van der Waals surface area contributed by atoms with Crippen molar-refractivity contribution in [2.45, 2.75) is 290 Å². The van der Waals surface area contributed by atoms with Crippen LogP contribution in [-0.2, 0) is 28.6 Å². The number of hydrogen-bond acceptors (Lipinski definition) is 6. The van der Waals surface area contributed by atoms with Crippen molar-refractivity contribution in [3.63, 3.8) is 0 Å². The second-order valence-corrected chi connectivity index (χ2v) is 20.6. The molecule has 0 aromatic heterocycles. The van der Waals surface area contributed by atoms with E-state index < -0.39 is 6.10 Å². The van der Waals surface area contributed by atoms with Gasteiger partial charge in [0.2, 0.25) is 0 Å². The summed E-state index contributed by atoms with van der Waals surface area (Å²) in [7, 11) is 0. The summed E-state index contributed by atoms with van der Waals surface area (Å²) in [6.45, 7) is 6.48. The second-order valence-electron chi connectivity index (χ2n) is 20.6. The van der Waals surface area contributed by atoms with Crippen LogP contribution in [-0.4, -0.2) is 37.2 Å². The van der Waals surface area contributed by atoms with Gasteiger partial charge in [-0.05, 0) is 116 Å². The Morgan fingerprint density at radius 2 is 0.513 bits per heavy atom. The van der Waals surface area contributed by atoms with Crippen molar-refractivity contribution in [2.75, 3.05) is 13.2 Å². The number of rotatable bonds is 56. The van der Waals surface area contributed by atoms with Crippen LogP contribution in [0.25, 0.3) is 0 Å². The molecule has 0 aliphatic rings. The fraction of sp³-hybridized carbons (Fsp3) is 0.671. The summed E-state index contributed by atoms with van der Waals surface area (Å²) in [6.07, 6.45) is 87.7. The average molecular weight is 1050 g/mol. The second kappa shape index (κ2) is 63.3. The van der Waals surface area contributed by atoms with Crippen LogP contribution in [0.4, 0.5) is 0 Å². The lowest BCUT2D eigenvalue weighted by molar-refractivity contribution is -0.167. The van der Waals surface area contributed by atoms with Gasteiger partial charge in [-0.2, -0.15) is 0 Å². The van der Waals surface area contributed by atoms with E-state index in [-0.39, 0.29) is 31.1 Å². The molecule has 6 nitrogen and oxygen atoms in total. The lowest BCUT2D eigenvalue weighted by atomic mass is 10.1. The molecular formula is C70H116O6. The molecule has 0 aliphatic heterocycles. The van der Waals surface area contributed by atoms with Gasteiger partial charge in [0, 0.05) is 19.3 Å². The Labute approximate surface area is 469 Å². The number of allylic oxidation sites excluding steroid dienone is 20. The molecule has 1 unspecified atom stereocenters. The molecule has 0 heterocycles. The van der Waals surface area contributed by atoms with Crippen molar-refractivity contribution >= 4 is 17.9 Å². The SMILES string of the molecule is CC/C=C\C/C=C\C/C=C\C/C=C\C/C=C\C/C=C\C/C=C\CCCCCCCC(=O)OCC(COC(=O)CCCCCCCCCCCC)OC(=O)CCCCCCCC/C=C\C/C=C\C/C=C\CCCCCCC. The molecule has 0 aromatic rings. The van der Waals surface area contributed by atoms with Crippen molar-refractivity contribution in [2.24, 2.45) is 0 Å². The largest absolute Gasteiger partial charge is 0.462 e. The molecule has 0 aromatic carbocycles. The van der Waals surface area contributed by atoms with E-state index in [1.165, 1.54) is 96.3 Å². The quantitative estimate of drug-likeness (QED) is 0.0261. The maximum Gasteiger partial charge on any atom is 0.306 e. The molecule has 0 radical (unpaired) electrons. The third-order valence-electron chi connectivity index (χ3n) is 13.2. The molecule has 76 heavy (non-hydrogen) atoms. The first-order valence-corrected chi connectivity index (χ1v) is 31.5. The van der Waals surface area contributed by atoms with Crippen LogP contribution in [0.1, 0.15) is 284 Å². The zero-order valence-electron chi connectivity index (χ0n) is 49.5. The minimum absolute atomic E-state index is 0.0904. The average Bonchev–Trinajstić information content (AvgIpc) is 3.42. The Kier molecular flexibility index (Phi) is 59.9. The molecular weight excluding hydrogens is 937 g/mol. The number of esters is 3. The van der Waals surface area contributed by atoms with Gasteiger partial charge in [0.05, 0.1) is 0 Å². The topological polar surface area (TPSA) is 78.9 Å². The van der Waals surface area contributed by atoms with E-state index in [1.807, 2.05) is 0 Å². The summed E-state index contributed by atoms with van der Waals surface area (Å²) >= 11 is 0. The number of carbonyl (C=O) groups is 3. The number of unbranched alkanes of at least 4 members (excludes halogenated alkanes) is 25. The molecule has 1 atom stereocenters. The van der Waals surface area contributed by atoms with Gasteiger partial charge < -0.3 is 14.2 Å². The summed E-state index contributed by atoms with van der Waals surface area (Å²) in [5.41, 5.74) is 0. The Bertz CT molecular complexity index is 1590. The van der Waals surface area contributed by atoms with Gasteiger partial charge in [-0.1, -0.05) is 271 Å². The van der Waals surface area contributed by atoms with Gasteiger partial charge in [0.15, 0.2) is 6.10 Å². The highest BCUT2D eigenvalue weighted by molar-refractivity contribution is 5.71. The maximum absolute atomic E-state index is 12.9. The van der Waals surface area contributed by atoms with Crippen molar-refractivity contribution in [1.29, 1.82) is 0 Å². The maximum atomic E-state index is 12.9. The van der Waals surface area contributed by atoms with E-state index >= 15 is 0 Å². The molecule has 0 N–H and O–H groups in total. The van der Waals surface area contributed by atoms with E-state index in [2.05, 4.69) is 142 Å². The molecule has 432 valence electrons. The Morgan fingerprint density at radius 1 is 0.276 bits per heavy atom. The Hall–Kier alpha value is -4.19. The normalized spacial score (nSPS) is 12.9. The van der Waals surface area contributed by atoms with Crippen LogP contribution in [0.2, 0.25) is 0 Å². The first-order valence-electron chi connectivity index (χ1n) is 31.5. The molecule has 0 saturated carbocycles. The number of ether oxygens (including phenoxy) is 3. The fourth-order valence-corrected chi connectivity index (χ4v) is 8.49. The number of hydrogen-bond donors (Lipinski definition) is 0. The van der Waals surface area contributed by atoms with E-state index in [0.29, 0.717) is 19.3 Å². The molecule has 0 bridgehead atoms. The first-order chi connectivity index (χ1) is 37.5. The highest BCUT2D eigenvalue weighted by Crippen LogP contribution is 2.15. The van der Waals surface area contributed by atoms with Crippen molar-refractivity contribution in [3.8, 4) is 0 Å². The third kappa shape index (κ3) is 60.7. The minimum atomic E-state index is -0.796. The minimum Gasteiger partial charge on any atom is -0.462 e. The molecule has 0 aliphatic carbocycles. The summed E-state index contributed by atoms with van der Waals surface area (Å²) < 4.78 is 16.9. The lowest BCUT2D eigenvalue weighted by Crippen LogP contribution is -2.30. The van der Waals surface area contributed by atoms with Crippen LogP contribution in [0.3, 0.4) is 0 Å². The smallest absolute Gasteiger partial charge is 0.306 e. The van der Waals surface area contributed by atoms with Crippen molar-refractivity contribution in [1.82, 2.24) is 0 Å². The fourth-order valence-electron chi connectivity index (χ4n) is 8.49. The Morgan fingerprint density at radius 3 is 0.803 bits per heavy atom. The van der Waals surface area contributed by atoms with Gasteiger partial charge in [0.1, 0.15) is 13.2 Å². The summed E-state index contributed by atoms with van der Waals surface area (Å²) in [5.74, 6) is -0.922. The highest BCUT2D eigenvalue weighted by atomic mass is 16.6. The third-order valence-corrected chi connectivity index (χ3v) is 13.2. The van der Waals surface area contributed by atoms with E-state index in [1.54, 1.807) is 0 Å². The molecule has 6 heteroatoms. The zero-order valence-corrected chi connectivity index (χ0v) is 49.5. The van der Waals surface area contributed by atoms with Crippen molar-refractivity contribution in [3.05, 3.63) is 122 Å². The van der Waals surface area contributed by atoms with E-state index in [9.17, 15) is 14.4 Å². The molecule has 0 rings (SSSR count). The van der Waals surface area contributed by atoms with Gasteiger partial charge in [-0.15, -0.1) is 0 Å². The summed E-state index contributed by atoms with van der Waals surface area (Å²) in [5, 5.41) is 0. The van der Waals surface area contributed by atoms with Crippen LogP contribution in [0.15, 0.2) is 122 Å². The highest BCUT2D eigenvalue weighted by Gasteiger charge is 2.19. The van der Waals surface area contributed by atoms with Gasteiger partial charge in [-0.3, -0.25) is 14.4 Å². The molecule has 0 amide bonds. The summed E-state index contributed by atoms with van der Waals surface area (Å²) in [4.78, 5) is 38.2. The van der Waals surface area contributed by atoms with Crippen LogP contribution in [0.5, 0.6) is 0 Å². The Balaban J connectivity index is 4.36. The molecule has 0 fully saturated rings. The van der Waals surface area contributed by atoms with Crippen LogP contribution >= 0.6 is 0 Å². The number of carbonyl (C=O) groups excluding carboxylic acids is 3. The predicted molar refractivity (Wildman–Crippen MR) is 330 cm³/mol. The van der Waals surface area contributed by atoms with Crippen LogP contribution in [0, 0.1) is 0 Å². The standard InChI is InChI=1S/C70H116O6/c1-4-7-10-13-16-19-22-24-26-28-30-32-33-34-35-36-37-39-40-42-44-46-48-51-54-57-60-63-69(72)75-66-67(65-74-68(71)62-59-56-53-50-21-18-15-12-9-6-3)76-70(73)64-61-58-55-52-49-47-45-43-41-38-31-29-27-25-23-20-17-14-11-8-5-2/h7,10,16,19,23-26,29-32,34-35,37,39,41-44,67H,4-6,8-9,11-15,17-18,20-22,27-28,33,36,38,40,45-66H2,1-3H3/b10-7-,19-16-,25-23-,26-24-,31-29-,32-30-,35-34-,39-37-,43-41-,44-42-. The van der Waals surface area contributed by atoms with E-state index in [4.69, 9.17) is 14.2 Å². The predicted octanol–water partition coefficient (Wildman–Crippen LogP) is 21.6. The zero-order chi connectivity index (χ0) is 55.0. The first kappa shape index (κ1) is 71.8. The monoisotopic (exact) mass is 1050 g/mol. The molecule has 0 spiro atoms. The molecule has 0 saturated heterocycles. The van der Waals surface area contributed by atoms with Crippen LogP contribution < -0.4 is 0 Å². The van der Waals surface area contributed by atoms with Crippen molar-refractivity contribution < 1.29 is 28.6 Å². The van der Waals surface area contributed by atoms with Gasteiger partial charge in [-0.25, -0.2) is 0 Å². The van der Waals surface area contributed by atoms with Gasteiger partial charge >= 0.3 is 17.9 Å². The van der Waals surface area contributed by atoms with Gasteiger partial charge in [0.25, 0.3) is 0 Å². The van der Waals surface area contributed by atoms with E-state index in [0.717, 1.165) is 148 Å².